The zero-order chi connectivity index (χ0) is 36.5. The summed E-state index contributed by atoms with van der Waals surface area (Å²) < 4.78 is 66.3. The summed E-state index contributed by atoms with van der Waals surface area (Å²) >= 11 is 6.09. The minimum Gasteiger partial charge on any atom is -0.506 e. The average molecular weight is 708 g/mol. The number of aliphatic imine (C=N–C) groups is 1. The van der Waals surface area contributed by atoms with Gasteiger partial charge in [-0.15, -0.1) is 0 Å². The lowest BCUT2D eigenvalue weighted by atomic mass is 10.0. The molecule has 0 aromatic heterocycles. The molecule has 0 bridgehead atoms. The van der Waals surface area contributed by atoms with Gasteiger partial charge in [0.05, 0.1) is 55.9 Å². The third-order valence-electron chi connectivity index (χ3n) is 6.70. The Morgan fingerprint density at radius 3 is 2.33 bits per heavy atom. The van der Waals surface area contributed by atoms with Crippen molar-refractivity contribution in [3.8, 4) is 11.5 Å². The van der Waals surface area contributed by atoms with Crippen LogP contribution in [0.15, 0.2) is 47.0 Å². The first-order valence-corrected chi connectivity index (χ1v) is 15.2. The summed E-state index contributed by atoms with van der Waals surface area (Å²) in [6.07, 6.45) is -0.1000. The van der Waals surface area contributed by atoms with Crippen molar-refractivity contribution in [2.45, 2.75) is 53.0 Å². The average Bonchev–Trinajstić information content (AvgIpc) is 3.05. The van der Waals surface area contributed by atoms with Crippen LogP contribution in [0.4, 0.5) is 29.3 Å². The van der Waals surface area contributed by atoms with Gasteiger partial charge < -0.3 is 39.8 Å². The van der Waals surface area contributed by atoms with Crippen LogP contribution >= 0.6 is 11.6 Å². The first-order valence-electron chi connectivity index (χ1n) is 14.8. The third-order valence-corrected chi connectivity index (χ3v) is 7.10. The Bertz CT molecular complexity index is 1760. The molecule has 1 amide bonds. The molecule has 15 heteroatoms. The summed E-state index contributed by atoms with van der Waals surface area (Å²) in [5.74, 6) is -4.36. The maximum atomic E-state index is 15.5. The van der Waals surface area contributed by atoms with Crippen LogP contribution in [0, 0.1) is 17.5 Å². The molecule has 3 aromatic rings. The number of nitrogens with one attached hydrogen (secondary N) is 2. The van der Waals surface area contributed by atoms with E-state index in [1.54, 1.807) is 39.0 Å². The van der Waals surface area contributed by atoms with Crippen LogP contribution in [0.25, 0.3) is 5.76 Å². The van der Waals surface area contributed by atoms with Gasteiger partial charge in [0.25, 0.3) is 0 Å². The van der Waals surface area contributed by atoms with E-state index in [2.05, 4.69) is 15.6 Å². The van der Waals surface area contributed by atoms with Crippen molar-refractivity contribution in [1.29, 1.82) is 0 Å². The number of carbonyl (C=O) groups excluding carboxylic acids is 2. The van der Waals surface area contributed by atoms with Gasteiger partial charge in [-0.2, -0.15) is 0 Å². The predicted octanol–water partition coefficient (Wildman–Crippen LogP) is 7.14. The fourth-order valence-corrected chi connectivity index (χ4v) is 4.57. The van der Waals surface area contributed by atoms with E-state index >= 15 is 13.2 Å². The number of carbonyl (C=O) groups is 2. The SMILES string of the molecule is CCOC(=O)C(C=Nc1cc(NCc2ccc(OC)cc2OC)c(F)cc1CO)=C(O)c1cc(F)c(CNC(=O)OC(C)(C)C)c(Cl)c1F. The monoisotopic (exact) mass is 707 g/mol. The highest BCUT2D eigenvalue weighted by Crippen LogP contribution is 2.33. The lowest BCUT2D eigenvalue weighted by Gasteiger charge is -2.20. The van der Waals surface area contributed by atoms with E-state index in [0.29, 0.717) is 23.1 Å². The minimum absolute atomic E-state index is 0.00568. The molecule has 0 fully saturated rings. The van der Waals surface area contributed by atoms with Gasteiger partial charge in [0.2, 0.25) is 0 Å². The minimum atomic E-state index is -1.31. The van der Waals surface area contributed by atoms with Crippen molar-refractivity contribution in [3.63, 3.8) is 0 Å². The number of rotatable bonds is 13. The van der Waals surface area contributed by atoms with Crippen LogP contribution in [-0.2, 0) is 34.0 Å². The number of anilines is 1. The fourth-order valence-electron chi connectivity index (χ4n) is 4.31. The normalized spacial score (nSPS) is 12.0. The predicted molar refractivity (Wildman–Crippen MR) is 178 cm³/mol. The molecular formula is C34H37ClF3N3O8. The smallest absolute Gasteiger partial charge is 0.407 e. The molecule has 0 aliphatic rings. The van der Waals surface area contributed by atoms with Crippen LogP contribution in [0.3, 0.4) is 0 Å². The van der Waals surface area contributed by atoms with E-state index < -0.39 is 75.7 Å². The van der Waals surface area contributed by atoms with Crippen molar-refractivity contribution in [2.75, 3.05) is 26.1 Å². The number of hydrogen-bond acceptors (Lipinski definition) is 10. The molecule has 0 aliphatic heterocycles. The van der Waals surface area contributed by atoms with Gasteiger partial charge in [0, 0.05) is 35.5 Å². The Kier molecular flexibility index (Phi) is 13.3. The number of alkyl carbamates (subject to hydrolysis) is 1. The standard InChI is InChI=1S/C34H37ClF3N3O8/c1-7-48-32(44)23(31(43)21-12-24(36)22(29(35)30(21)38)15-41-33(45)49-34(2,3)4)16-40-26-13-27(25(37)10-19(26)17-42)39-14-18-8-9-20(46-5)11-28(18)47-6/h8-13,16,39,42-43H,7,14-15,17H2,1-6H3,(H,41,45). The second-order valence-electron chi connectivity index (χ2n) is 11.3. The van der Waals surface area contributed by atoms with Gasteiger partial charge in [-0.1, -0.05) is 11.6 Å². The summed E-state index contributed by atoms with van der Waals surface area (Å²) in [5.41, 5.74) is -2.21. The van der Waals surface area contributed by atoms with E-state index in [4.69, 9.17) is 30.5 Å². The summed E-state index contributed by atoms with van der Waals surface area (Å²) in [7, 11) is 2.97. The van der Waals surface area contributed by atoms with E-state index in [0.717, 1.165) is 12.3 Å². The quantitative estimate of drug-likeness (QED) is 0.0478. The van der Waals surface area contributed by atoms with Gasteiger partial charge in [0.1, 0.15) is 40.1 Å². The van der Waals surface area contributed by atoms with Gasteiger partial charge in [-0.3, -0.25) is 4.99 Å². The summed E-state index contributed by atoms with van der Waals surface area (Å²) in [4.78, 5) is 29.0. The molecule has 0 radical (unpaired) electrons. The number of halogens is 4. The van der Waals surface area contributed by atoms with Gasteiger partial charge in [-0.25, -0.2) is 22.8 Å². The second kappa shape index (κ2) is 16.9. The molecule has 4 N–H and O–H groups in total. The number of hydrogen-bond donors (Lipinski definition) is 4. The Labute approximate surface area is 286 Å². The molecule has 3 aromatic carbocycles. The third kappa shape index (κ3) is 10.0. The second-order valence-corrected chi connectivity index (χ2v) is 11.6. The van der Waals surface area contributed by atoms with E-state index in [1.807, 2.05) is 0 Å². The number of benzene rings is 3. The first kappa shape index (κ1) is 38.5. The maximum absolute atomic E-state index is 15.5. The van der Waals surface area contributed by atoms with Crippen molar-refractivity contribution in [3.05, 3.63) is 86.7 Å². The molecule has 0 saturated heterocycles. The number of nitrogens with zero attached hydrogens (tertiary/aromatic N) is 1. The number of amides is 1. The molecule has 264 valence electrons. The highest BCUT2D eigenvalue weighted by Gasteiger charge is 2.25. The first-order chi connectivity index (χ1) is 23.1. The Morgan fingerprint density at radius 1 is 1.00 bits per heavy atom. The number of aliphatic hydroxyl groups is 2. The highest BCUT2D eigenvalue weighted by atomic mass is 35.5. The molecule has 11 nitrogen and oxygen atoms in total. The number of methoxy groups -OCH3 is 2. The van der Waals surface area contributed by atoms with Crippen molar-refractivity contribution in [1.82, 2.24) is 5.32 Å². The van der Waals surface area contributed by atoms with E-state index in [1.165, 1.54) is 27.2 Å². The zero-order valence-corrected chi connectivity index (χ0v) is 28.4. The van der Waals surface area contributed by atoms with Crippen molar-refractivity contribution in [2.24, 2.45) is 4.99 Å². The summed E-state index contributed by atoms with van der Waals surface area (Å²) in [6, 6.07) is 7.93. The molecule has 0 spiro atoms. The molecule has 49 heavy (non-hydrogen) atoms. The largest absolute Gasteiger partial charge is 0.506 e. The van der Waals surface area contributed by atoms with Crippen LogP contribution in [-0.4, -0.2) is 54.9 Å². The lowest BCUT2D eigenvalue weighted by molar-refractivity contribution is -0.137. The highest BCUT2D eigenvalue weighted by molar-refractivity contribution is 6.31. The van der Waals surface area contributed by atoms with Crippen LogP contribution in [0.5, 0.6) is 11.5 Å². The van der Waals surface area contributed by atoms with Crippen LogP contribution in [0.2, 0.25) is 5.02 Å². The molecule has 0 heterocycles. The molecular weight excluding hydrogens is 671 g/mol. The summed E-state index contributed by atoms with van der Waals surface area (Å²) in [5, 5.41) is 25.3. The molecule has 0 unspecified atom stereocenters. The Hall–Kier alpha value is -4.95. The molecule has 0 saturated carbocycles. The maximum Gasteiger partial charge on any atom is 0.407 e. The number of aliphatic hydroxyl groups excluding tert-OH is 2. The molecule has 3 rings (SSSR count). The van der Waals surface area contributed by atoms with E-state index in [-0.39, 0.29) is 30.1 Å². The van der Waals surface area contributed by atoms with E-state index in [9.17, 15) is 19.8 Å². The Balaban J connectivity index is 2.00. The van der Waals surface area contributed by atoms with Crippen molar-refractivity contribution < 1.29 is 51.9 Å². The number of esters is 1. The van der Waals surface area contributed by atoms with Gasteiger partial charge in [0.15, 0.2) is 5.82 Å². The van der Waals surface area contributed by atoms with Gasteiger partial charge in [-0.05, 0) is 58.0 Å². The molecule has 0 aliphatic carbocycles. The zero-order valence-electron chi connectivity index (χ0n) is 27.7. The van der Waals surface area contributed by atoms with Crippen molar-refractivity contribution >= 4 is 47.0 Å². The van der Waals surface area contributed by atoms with Crippen LogP contribution < -0.4 is 20.1 Å². The van der Waals surface area contributed by atoms with Crippen LogP contribution in [0.1, 0.15) is 49.9 Å². The molecule has 0 atom stereocenters. The Morgan fingerprint density at radius 2 is 1.71 bits per heavy atom. The lowest BCUT2D eigenvalue weighted by Crippen LogP contribution is -2.32. The number of ether oxygens (including phenoxy) is 4. The topological polar surface area (TPSA) is 148 Å². The fraction of sp³-hybridized carbons (Fsp3) is 0.324. The summed E-state index contributed by atoms with van der Waals surface area (Å²) in [6.45, 7) is 5.07. The van der Waals surface area contributed by atoms with Gasteiger partial charge >= 0.3 is 12.1 Å².